The van der Waals surface area contributed by atoms with E-state index in [1.807, 2.05) is 57.2 Å². The SMILES string of the molecule is Cc1ccc(S(=O)[C@@]23C=C[C@@H](O2)[C@H](C)C(=O)[C@@H]3C)cc1. The van der Waals surface area contributed by atoms with Gasteiger partial charge < -0.3 is 4.74 Å². The Morgan fingerprint density at radius 2 is 1.85 bits per heavy atom. The van der Waals surface area contributed by atoms with Crippen LogP contribution in [0.1, 0.15) is 19.4 Å². The normalized spacial score (nSPS) is 37.1. The molecule has 0 N–H and O–H groups in total. The van der Waals surface area contributed by atoms with Crippen molar-refractivity contribution >= 4 is 16.6 Å². The van der Waals surface area contributed by atoms with Crippen LogP contribution < -0.4 is 0 Å². The van der Waals surface area contributed by atoms with E-state index in [1.165, 1.54) is 0 Å². The molecule has 2 heterocycles. The van der Waals surface area contributed by atoms with Crippen molar-refractivity contribution < 1.29 is 13.7 Å². The Morgan fingerprint density at radius 1 is 1.20 bits per heavy atom. The number of benzene rings is 1. The smallest absolute Gasteiger partial charge is 0.176 e. The second kappa shape index (κ2) is 4.64. The van der Waals surface area contributed by atoms with Crippen LogP contribution in [0.3, 0.4) is 0 Å². The maximum absolute atomic E-state index is 12.9. The predicted molar refractivity (Wildman–Crippen MR) is 77.7 cm³/mol. The molecule has 0 amide bonds. The van der Waals surface area contributed by atoms with E-state index in [2.05, 4.69) is 0 Å². The molecule has 20 heavy (non-hydrogen) atoms. The van der Waals surface area contributed by atoms with E-state index in [9.17, 15) is 9.00 Å². The number of ketones is 1. The van der Waals surface area contributed by atoms with Crippen molar-refractivity contribution in [3.8, 4) is 0 Å². The van der Waals surface area contributed by atoms with Gasteiger partial charge in [0.2, 0.25) is 0 Å². The summed E-state index contributed by atoms with van der Waals surface area (Å²) in [6.45, 7) is 5.68. The van der Waals surface area contributed by atoms with Gasteiger partial charge in [0.25, 0.3) is 0 Å². The lowest BCUT2D eigenvalue weighted by Gasteiger charge is -2.39. The van der Waals surface area contributed by atoms with Crippen LogP contribution >= 0.6 is 0 Å². The zero-order chi connectivity index (χ0) is 14.5. The first-order chi connectivity index (χ1) is 9.45. The van der Waals surface area contributed by atoms with Gasteiger partial charge in [0.05, 0.1) is 22.8 Å². The summed E-state index contributed by atoms with van der Waals surface area (Å²) in [5, 5.41) is 0. The molecule has 0 radical (unpaired) electrons. The third-order valence-electron chi connectivity index (χ3n) is 4.34. The first kappa shape index (κ1) is 13.7. The van der Waals surface area contributed by atoms with Crippen molar-refractivity contribution in [1.29, 1.82) is 0 Å². The summed E-state index contributed by atoms with van der Waals surface area (Å²) in [4.78, 5) is 12.0. The zero-order valence-electron chi connectivity index (χ0n) is 11.8. The molecule has 1 aromatic carbocycles. The highest BCUT2D eigenvalue weighted by molar-refractivity contribution is 7.86. The highest BCUT2D eigenvalue weighted by Crippen LogP contribution is 2.45. The molecule has 0 saturated carbocycles. The standard InChI is InChI=1S/C16H18O3S/c1-10-4-6-13(7-5-10)20(18)16-9-8-14(19-16)11(2)15(17)12(16)3/h4-9,11-12,14H,1-3H3/t11-,12-,14+,16+,20?/m0/s1. The van der Waals surface area contributed by atoms with E-state index in [0.29, 0.717) is 4.90 Å². The van der Waals surface area contributed by atoms with Crippen molar-refractivity contribution in [2.75, 3.05) is 0 Å². The second-order valence-corrected chi connectivity index (χ2v) is 7.30. The molecular formula is C16H18O3S. The Labute approximate surface area is 121 Å². The minimum absolute atomic E-state index is 0.131. The maximum Gasteiger partial charge on any atom is 0.176 e. The molecule has 4 heteroatoms. The van der Waals surface area contributed by atoms with E-state index >= 15 is 0 Å². The third kappa shape index (κ3) is 1.82. The summed E-state index contributed by atoms with van der Waals surface area (Å²) in [5.41, 5.74) is 1.12. The van der Waals surface area contributed by atoms with Gasteiger partial charge in [-0.2, -0.15) is 0 Å². The van der Waals surface area contributed by atoms with Crippen LogP contribution in [0.5, 0.6) is 0 Å². The highest BCUT2D eigenvalue weighted by atomic mass is 32.2. The first-order valence-corrected chi connectivity index (χ1v) is 8.00. The van der Waals surface area contributed by atoms with Gasteiger partial charge in [0.15, 0.2) is 4.93 Å². The summed E-state index contributed by atoms with van der Waals surface area (Å²) in [5.74, 6) is -0.423. The van der Waals surface area contributed by atoms with Crippen molar-refractivity contribution in [3.05, 3.63) is 42.0 Å². The van der Waals surface area contributed by atoms with Gasteiger partial charge in [0.1, 0.15) is 5.78 Å². The predicted octanol–water partition coefficient (Wildman–Crippen LogP) is 2.61. The Bertz CT molecular complexity index is 605. The van der Waals surface area contributed by atoms with Crippen molar-refractivity contribution in [2.24, 2.45) is 11.8 Å². The van der Waals surface area contributed by atoms with Crippen LogP contribution in [0.25, 0.3) is 0 Å². The highest BCUT2D eigenvalue weighted by Gasteiger charge is 2.56. The minimum Gasteiger partial charge on any atom is -0.349 e. The monoisotopic (exact) mass is 290 g/mol. The molecular weight excluding hydrogens is 272 g/mol. The summed E-state index contributed by atoms with van der Waals surface area (Å²) >= 11 is 0. The number of hydrogen-bond acceptors (Lipinski definition) is 3. The van der Waals surface area contributed by atoms with Gasteiger partial charge in [-0.05, 0) is 25.1 Å². The molecule has 1 aromatic rings. The van der Waals surface area contributed by atoms with Gasteiger partial charge in [-0.3, -0.25) is 9.00 Å². The lowest BCUT2D eigenvalue weighted by atomic mass is 9.87. The van der Waals surface area contributed by atoms with E-state index in [4.69, 9.17) is 4.74 Å². The molecule has 0 aromatic heterocycles. The Balaban J connectivity index is 2.00. The van der Waals surface area contributed by atoms with E-state index in [0.717, 1.165) is 5.56 Å². The number of aryl methyl sites for hydroxylation is 1. The van der Waals surface area contributed by atoms with Gasteiger partial charge in [-0.1, -0.05) is 37.6 Å². The Hall–Kier alpha value is -1.26. The third-order valence-corrected chi connectivity index (χ3v) is 6.20. The van der Waals surface area contributed by atoms with Crippen LogP contribution in [-0.2, 0) is 20.3 Å². The number of rotatable bonds is 2. The number of carbonyl (C=O) groups is 1. The fraction of sp³-hybridized carbons (Fsp3) is 0.438. The molecule has 106 valence electrons. The van der Waals surface area contributed by atoms with Gasteiger partial charge >= 0.3 is 0 Å². The molecule has 1 fully saturated rings. The van der Waals surface area contributed by atoms with Crippen LogP contribution in [0.2, 0.25) is 0 Å². The number of Topliss-reactive ketones (excluding diaryl/α,β-unsaturated/α-hetero) is 1. The largest absolute Gasteiger partial charge is 0.349 e. The minimum atomic E-state index is -1.39. The van der Waals surface area contributed by atoms with Crippen molar-refractivity contribution in [1.82, 2.24) is 0 Å². The average molecular weight is 290 g/mol. The van der Waals surface area contributed by atoms with E-state index < -0.39 is 21.7 Å². The number of carbonyl (C=O) groups excluding carboxylic acids is 1. The molecule has 2 aliphatic rings. The number of hydrogen-bond donors (Lipinski definition) is 0. The molecule has 1 unspecified atom stereocenters. The average Bonchev–Trinajstić information content (AvgIpc) is 2.87. The van der Waals surface area contributed by atoms with Crippen molar-refractivity contribution in [3.63, 3.8) is 0 Å². The van der Waals surface area contributed by atoms with Crippen LogP contribution in [-0.4, -0.2) is 21.0 Å². The summed E-state index contributed by atoms with van der Waals surface area (Å²) in [7, 11) is -1.39. The zero-order valence-corrected chi connectivity index (χ0v) is 12.6. The maximum atomic E-state index is 12.9. The number of fused-ring (bicyclic) bond motifs is 2. The van der Waals surface area contributed by atoms with Crippen molar-refractivity contribution in [2.45, 2.75) is 36.7 Å². The molecule has 3 nitrogen and oxygen atoms in total. The number of ether oxygens (including phenoxy) is 1. The Kier molecular flexibility index (Phi) is 3.18. The summed E-state index contributed by atoms with van der Waals surface area (Å²) in [6, 6.07) is 7.55. The summed E-state index contributed by atoms with van der Waals surface area (Å²) < 4.78 is 18.9. The van der Waals surface area contributed by atoms with Gasteiger partial charge in [-0.25, -0.2) is 0 Å². The first-order valence-electron chi connectivity index (χ1n) is 6.85. The second-order valence-electron chi connectivity index (χ2n) is 5.66. The lowest BCUT2D eigenvalue weighted by Crippen LogP contribution is -2.52. The fourth-order valence-electron chi connectivity index (χ4n) is 2.90. The molecule has 3 rings (SSSR count). The molecule has 0 spiro atoms. The van der Waals surface area contributed by atoms with E-state index in [-0.39, 0.29) is 17.8 Å². The fourth-order valence-corrected chi connectivity index (χ4v) is 4.49. The quantitative estimate of drug-likeness (QED) is 0.786. The summed E-state index contributed by atoms with van der Waals surface area (Å²) in [6.07, 6.45) is 3.48. The van der Waals surface area contributed by atoms with Gasteiger partial charge in [0, 0.05) is 10.8 Å². The molecule has 2 aliphatic heterocycles. The molecule has 5 atom stereocenters. The Morgan fingerprint density at radius 3 is 2.50 bits per heavy atom. The van der Waals surface area contributed by atoms with Gasteiger partial charge in [-0.15, -0.1) is 0 Å². The van der Waals surface area contributed by atoms with Crippen LogP contribution in [0, 0.1) is 18.8 Å². The topological polar surface area (TPSA) is 43.4 Å². The molecule has 2 bridgehead atoms. The molecule has 1 saturated heterocycles. The molecule has 0 aliphatic carbocycles. The lowest BCUT2D eigenvalue weighted by molar-refractivity contribution is -0.146. The van der Waals surface area contributed by atoms with Crippen LogP contribution in [0.4, 0.5) is 0 Å². The van der Waals surface area contributed by atoms with E-state index in [1.54, 1.807) is 0 Å². The van der Waals surface area contributed by atoms with Crippen LogP contribution in [0.15, 0.2) is 41.3 Å².